The van der Waals surface area contributed by atoms with Gasteiger partial charge in [0.15, 0.2) is 0 Å². The lowest BCUT2D eigenvalue weighted by Gasteiger charge is -2.32. The van der Waals surface area contributed by atoms with Crippen LogP contribution in [0.15, 0.2) is 24.5 Å². The van der Waals surface area contributed by atoms with Crippen molar-refractivity contribution in [2.24, 2.45) is 5.73 Å². The molecular formula is C13H21N3. The van der Waals surface area contributed by atoms with Crippen LogP contribution in [-0.4, -0.2) is 29.0 Å². The molecule has 1 aliphatic carbocycles. The summed E-state index contributed by atoms with van der Waals surface area (Å²) in [4.78, 5) is 6.62. The molecule has 3 nitrogen and oxygen atoms in total. The van der Waals surface area contributed by atoms with Crippen molar-refractivity contribution in [1.82, 2.24) is 9.88 Å². The van der Waals surface area contributed by atoms with Crippen LogP contribution in [0.4, 0.5) is 0 Å². The van der Waals surface area contributed by atoms with Crippen molar-refractivity contribution in [3.8, 4) is 0 Å². The highest BCUT2D eigenvalue weighted by atomic mass is 15.2. The minimum atomic E-state index is 0.190. The van der Waals surface area contributed by atoms with E-state index >= 15 is 0 Å². The summed E-state index contributed by atoms with van der Waals surface area (Å²) in [7, 11) is 2.19. The van der Waals surface area contributed by atoms with Gasteiger partial charge in [-0.25, -0.2) is 0 Å². The molecule has 88 valence electrons. The zero-order valence-corrected chi connectivity index (χ0v) is 10.1. The topological polar surface area (TPSA) is 42.1 Å². The molecule has 1 aliphatic rings. The number of aromatic nitrogens is 1. The number of hydrogen-bond acceptors (Lipinski definition) is 3. The molecule has 2 rings (SSSR count). The Morgan fingerprint density at radius 3 is 2.81 bits per heavy atom. The lowest BCUT2D eigenvalue weighted by Crippen LogP contribution is -2.39. The zero-order chi connectivity index (χ0) is 11.5. The number of hydrogen-bond donors (Lipinski definition) is 1. The second-order valence-electron chi connectivity index (χ2n) is 4.70. The molecule has 1 saturated carbocycles. The van der Waals surface area contributed by atoms with E-state index in [1.807, 2.05) is 18.5 Å². The quantitative estimate of drug-likeness (QED) is 0.823. The monoisotopic (exact) mass is 219 g/mol. The third kappa shape index (κ3) is 2.42. The van der Waals surface area contributed by atoms with E-state index in [1.54, 1.807) is 0 Å². The molecule has 1 aromatic heterocycles. The molecule has 2 unspecified atom stereocenters. The van der Waals surface area contributed by atoms with E-state index in [0.717, 1.165) is 12.5 Å². The molecule has 0 bridgehead atoms. The van der Waals surface area contributed by atoms with Gasteiger partial charge in [-0.2, -0.15) is 0 Å². The third-order valence-corrected chi connectivity index (χ3v) is 3.46. The van der Waals surface area contributed by atoms with Gasteiger partial charge in [0, 0.05) is 24.5 Å². The summed E-state index contributed by atoms with van der Waals surface area (Å²) in [6.45, 7) is 2.15. The molecule has 0 aromatic carbocycles. The average Bonchev–Trinajstić information content (AvgIpc) is 3.14. The zero-order valence-electron chi connectivity index (χ0n) is 10.1. The van der Waals surface area contributed by atoms with Crippen molar-refractivity contribution in [3.63, 3.8) is 0 Å². The first kappa shape index (κ1) is 11.6. The molecule has 0 aliphatic heterocycles. The molecule has 0 spiro atoms. The highest BCUT2D eigenvalue weighted by Gasteiger charge is 2.34. The van der Waals surface area contributed by atoms with Gasteiger partial charge in [0.2, 0.25) is 0 Å². The second kappa shape index (κ2) is 4.93. The van der Waals surface area contributed by atoms with Gasteiger partial charge in [0.05, 0.1) is 6.04 Å². The summed E-state index contributed by atoms with van der Waals surface area (Å²) < 4.78 is 0. The van der Waals surface area contributed by atoms with Crippen molar-refractivity contribution >= 4 is 0 Å². The molecule has 16 heavy (non-hydrogen) atoms. The van der Waals surface area contributed by atoms with E-state index in [0.29, 0.717) is 6.04 Å². The molecule has 1 heterocycles. The first-order chi connectivity index (χ1) is 7.74. The van der Waals surface area contributed by atoms with Crippen molar-refractivity contribution in [1.29, 1.82) is 0 Å². The maximum Gasteiger partial charge on any atom is 0.0514 e. The highest BCUT2D eigenvalue weighted by Crippen LogP contribution is 2.34. The van der Waals surface area contributed by atoms with Crippen LogP contribution in [0.1, 0.15) is 37.8 Å². The first-order valence-electron chi connectivity index (χ1n) is 6.11. The van der Waals surface area contributed by atoms with Crippen molar-refractivity contribution in [2.75, 3.05) is 7.05 Å². The third-order valence-electron chi connectivity index (χ3n) is 3.46. The van der Waals surface area contributed by atoms with E-state index in [-0.39, 0.29) is 6.04 Å². The predicted octanol–water partition coefficient (Wildman–Crippen LogP) is 1.95. The van der Waals surface area contributed by atoms with Gasteiger partial charge < -0.3 is 5.73 Å². The predicted molar refractivity (Wildman–Crippen MR) is 66.0 cm³/mol. The van der Waals surface area contributed by atoms with Gasteiger partial charge in [0.25, 0.3) is 0 Å². The van der Waals surface area contributed by atoms with Crippen molar-refractivity contribution < 1.29 is 0 Å². The fraction of sp³-hybridized carbons (Fsp3) is 0.615. The largest absolute Gasteiger partial charge is 0.326 e. The first-order valence-corrected chi connectivity index (χ1v) is 6.11. The molecule has 1 aromatic rings. The number of pyridine rings is 1. The van der Waals surface area contributed by atoms with Gasteiger partial charge >= 0.3 is 0 Å². The van der Waals surface area contributed by atoms with E-state index in [9.17, 15) is 0 Å². The normalized spacial score (nSPS) is 19.8. The van der Waals surface area contributed by atoms with Gasteiger partial charge in [-0.1, -0.05) is 13.0 Å². The Morgan fingerprint density at radius 1 is 1.56 bits per heavy atom. The van der Waals surface area contributed by atoms with E-state index < -0.39 is 0 Å². The number of nitrogens with two attached hydrogens (primary N) is 1. The van der Waals surface area contributed by atoms with Gasteiger partial charge in [-0.05, 0) is 37.9 Å². The van der Waals surface area contributed by atoms with Gasteiger partial charge in [-0.3, -0.25) is 9.88 Å². The summed E-state index contributed by atoms with van der Waals surface area (Å²) in [6, 6.07) is 5.35. The van der Waals surface area contributed by atoms with Crippen LogP contribution >= 0.6 is 0 Å². The molecular weight excluding hydrogens is 198 g/mol. The average molecular weight is 219 g/mol. The molecule has 2 atom stereocenters. The number of nitrogens with zero attached hydrogens (tertiary/aromatic N) is 2. The molecule has 0 saturated heterocycles. The van der Waals surface area contributed by atoms with Crippen LogP contribution in [0.3, 0.4) is 0 Å². The Bertz CT molecular complexity index is 321. The number of likely N-dealkylation sites (N-methyl/N-ethyl adjacent to an activating group) is 1. The van der Waals surface area contributed by atoms with Crippen LogP contribution in [-0.2, 0) is 0 Å². The van der Waals surface area contributed by atoms with E-state index in [2.05, 4.69) is 29.9 Å². The molecule has 1 fully saturated rings. The maximum atomic E-state index is 6.25. The van der Waals surface area contributed by atoms with Crippen molar-refractivity contribution in [2.45, 2.75) is 44.3 Å². The Morgan fingerprint density at radius 2 is 2.31 bits per heavy atom. The van der Waals surface area contributed by atoms with E-state index in [4.69, 9.17) is 5.73 Å². The van der Waals surface area contributed by atoms with Crippen LogP contribution in [0.5, 0.6) is 0 Å². The van der Waals surface area contributed by atoms with Crippen LogP contribution in [0.2, 0.25) is 0 Å². The standard InChI is InChI=1S/C13H21N3/c1-3-12(14)13(16(2)11-6-7-11)10-5-4-8-15-9-10/h4-5,8-9,11-13H,3,6-7,14H2,1-2H3. The summed E-state index contributed by atoms with van der Waals surface area (Å²) >= 11 is 0. The summed E-state index contributed by atoms with van der Waals surface area (Å²) in [6.07, 6.45) is 7.37. The van der Waals surface area contributed by atoms with Crippen LogP contribution < -0.4 is 5.73 Å². The molecule has 0 amide bonds. The van der Waals surface area contributed by atoms with Crippen LogP contribution in [0.25, 0.3) is 0 Å². The fourth-order valence-electron chi connectivity index (χ4n) is 2.27. The Labute approximate surface area is 97.7 Å². The Hall–Kier alpha value is -0.930. The summed E-state index contributed by atoms with van der Waals surface area (Å²) in [5.74, 6) is 0. The lowest BCUT2D eigenvalue weighted by molar-refractivity contribution is 0.200. The fourth-order valence-corrected chi connectivity index (χ4v) is 2.27. The lowest BCUT2D eigenvalue weighted by atomic mass is 9.98. The second-order valence-corrected chi connectivity index (χ2v) is 4.70. The molecule has 2 N–H and O–H groups in total. The smallest absolute Gasteiger partial charge is 0.0514 e. The maximum absolute atomic E-state index is 6.25. The summed E-state index contributed by atoms with van der Waals surface area (Å²) in [5.41, 5.74) is 7.49. The minimum Gasteiger partial charge on any atom is -0.326 e. The van der Waals surface area contributed by atoms with Gasteiger partial charge in [0.1, 0.15) is 0 Å². The van der Waals surface area contributed by atoms with E-state index in [1.165, 1.54) is 18.4 Å². The Balaban J connectivity index is 2.20. The van der Waals surface area contributed by atoms with Crippen LogP contribution in [0, 0.1) is 0 Å². The summed E-state index contributed by atoms with van der Waals surface area (Å²) in [5, 5.41) is 0. The SMILES string of the molecule is CCC(N)C(c1cccnc1)N(C)C1CC1. The Kier molecular flexibility index (Phi) is 3.56. The molecule has 3 heteroatoms. The minimum absolute atomic E-state index is 0.190. The number of rotatable bonds is 5. The molecule has 0 radical (unpaired) electrons. The van der Waals surface area contributed by atoms with Gasteiger partial charge in [-0.15, -0.1) is 0 Å². The highest BCUT2D eigenvalue weighted by molar-refractivity contribution is 5.17. The van der Waals surface area contributed by atoms with Crippen molar-refractivity contribution in [3.05, 3.63) is 30.1 Å².